The summed E-state index contributed by atoms with van der Waals surface area (Å²) in [7, 11) is 0. The Morgan fingerprint density at radius 2 is 2.33 bits per heavy atom. The van der Waals surface area contributed by atoms with E-state index in [0.29, 0.717) is 0 Å². The van der Waals surface area contributed by atoms with Gasteiger partial charge >= 0.3 is 0 Å². The van der Waals surface area contributed by atoms with Crippen LogP contribution in [0.2, 0.25) is 0 Å². The van der Waals surface area contributed by atoms with Crippen LogP contribution in [0.1, 0.15) is 30.6 Å². The van der Waals surface area contributed by atoms with Gasteiger partial charge in [-0.2, -0.15) is 0 Å². The topological polar surface area (TPSA) is 21.3 Å². The van der Waals surface area contributed by atoms with Crippen molar-refractivity contribution in [2.45, 2.75) is 38.3 Å². The van der Waals surface area contributed by atoms with Crippen LogP contribution in [-0.4, -0.2) is 19.2 Å². The summed E-state index contributed by atoms with van der Waals surface area (Å²) in [4.78, 5) is 1.33. The van der Waals surface area contributed by atoms with Gasteiger partial charge in [0.2, 0.25) is 0 Å². The lowest BCUT2D eigenvalue weighted by Gasteiger charge is -2.03. The third-order valence-corrected chi connectivity index (χ3v) is 3.40. The molecule has 2 rings (SSSR count). The second-order valence-electron chi connectivity index (χ2n) is 4.07. The minimum Gasteiger partial charge on any atom is -0.376 e. The molecule has 1 aromatic rings. The molecule has 1 N–H and O–H groups in total. The first-order chi connectivity index (χ1) is 7.45. The molecule has 84 valence electrons. The minimum atomic E-state index is 0.785. The molecule has 1 aliphatic carbocycles. The Morgan fingerprint density at radius 3 is 3.07 bits per heavy atom. The molecule has 15 heavy (non-hydrogen) atoms. The van der Waals surface area contributed by atoms with Gasteiger partial charge < -0.3 is 10.1 Å². The lowest BCUT2D eigenvalue weighted by Crippen LogP contribution is -2.17. The second-order valence-corrected chi connectivity index (χ2v) is 5.10. The molecule has 0 bridgehead atoms. The van der Waals surface area contributed by atoms with Crippen LogP contribution in [0.4, 0.5) is 0 Å². The molecule has 1 fully saturated rings. The molecule has 0 aliphatic heterocycles. The number of hydrogen-bond donors (Lipinski definition) is 1. The standard InChI is InChI=1S/C12H19NOS/c1(7-13-11-5-6-11)2-8-14-10-12-4-3-9-15-12/h3-4,9,11,13H,1-2,5-8,10H2. The smallest absolute Gasteiger partial charge is 0.0809 e. The summed E-state index contributed by atoms with van der Waals surface area (Å²) in [5.41, 5.74) is 0. The van der Waals surface area contributed by atoms with E-state index in [2.05, 4.69) is 22.8 Å². The Labute approximate surface area is 95.6 Å². The Bertz CT molecular complexity index is 257. The van der Waals surface area contributed by atoms with Crippen LogP contribution >= 0.6 is 11.3 Å². The van der Waals surface area contributed by atoms with E-state index in [1.54, 1.807) is 11.3 Å². The fourth-order valence-electron chi connectivity index (χ4n) is 1.49. The highest BCUT2D eigenvalue weighted by Gasteiger charge is 2.19. The van der Waals surface area contributed by atoms with Crippen LogP contribution in [0.3, 0.4) is 0 Å². The first-order valence-corrected chi connectivity index (χ1v) is 6.66. The van der Waals surface area contributed by atoms with Crippen LogP contribution < -0.4 is 5.32 Å². The molecule has 2 nitrogen and oxygen atoms in total. The molecule has 1 heterocycles. The van der Waals surface area contributed by atoms with Gasteiger partial charge in [0.15, 0.2) is 0 Å². The van der Waals surface area contributed by atoms with Crippen molar-refractivity contribution in [3.8, 4) is 0 Å². The largest absolute Gasteiger partial charge is 0.376 e. The van der Waals surface area contributed by atoms with Crippen LogP contribution in [0.5, 0.6) is 0 Å². The zero-order valence-electron chi connectivity index (χ0n) is 9.08. The minimum absolute atomic E-state index is 0.785. The maximum absolute atomic E-state index is 5.58. The number of thiophene rings is 1. The Morgan fingerprint density at radius 1 is 1.40 bits per heavy atom. The molecule has 0 radical (unpaired) electrons. The van der Waals surface area contributed by atoms with Crippen molar-refractivity contribution in [1.82, 2.24) is 5.32 Å². The monoisotopic (exact) mass is 225 g/mol. The van der Waals surface area contributed by atoms with Crippen LogP contribution in [0.15, 0.2) is 17.5 Å². The normalized spacial score (nSPS) is 15.7. The van der Waals surface area contributed by atoms with Gasteiger partial charge in [-0.05, 0) is 43.7 Å². The fourth-order valence-corrected chi connectivity index (χ4v) is 2.13. The molecule has 0 atom stereocenters. The number of hydrogen-bond acceptors (Lipinski definition) is 3. The predicted molar refractivity (Wildman–Crippen MR) is 64.2 cm³/mol. The van der Waals surface area contributed by atoms with E-state index in [1.165, 1.54) is 30.6 Å². The Hall–Kier alpha value is -0.380. The van der Waals surface area contributed by atoms with Crippen molar-refractivity contribution in [3.05, 3.63) is 22.4 Å². The SMILES string of the molecule is c1csc(COCCCCNC2CC2)c1. The van der Waals surface area contributed by atoms with Crippen LogP contribution in [0, 0.1) is 0 Å². The molecule has 3 heteroatoms. The van der Waals surface area contributed by atoms with E-state index in [1.807, 2.05) is 0 Å². The lowest BCUT2D eigenvalue weighted by atomic mass is 10.3. The quantitative estimate of drug-likeness (QED) is 0.687. The average Bonchev–Trinajstić information content (AvgIpc) is 2.92. The zero-order valence-corrected chi connectivity index (χ0v) is 9.89. The molecular weight excluding hydrogens is 206 g/mol. The van der Waals surface area contributed by atoms with Gasteiger partial charge in [0.05, 0.1) is 6.61 Å². The Kier molecular flexibility index (Phi) is 4.64. The third kappa shape index (κ3) is 4.78. The molecule has 0 aromatic carbocycles. The first kappa shape index (κ1) is 11.1. The van der Waals surface area contributed by atoms with E-state index < -0.39 is 0 Å². The maximum atomic E-state index is 5.58. The lowest BCUT2D eigenvalue weighted by molar-refractivity contribution is 0.119. The molecule has 0 saturated heterocycles. The highest BCUT2D eigenvalue weighted by Crippen LogP contribution is 2.18. The second kappa shape index (κ2) is 6.26. The van der Waals surface area contributed by atoms with Crippen molar-refractivity contribution in [1.29, 1.82) is 0 Å². The summed E-state index contributed by atoms with van der Waals surface area (Å²) in [5.74, 6) is 0. The summed E-state index contributed by atoms with van der Waals surface area (Å²) in [6, 6.07) is 5.04. The van der Waals surface area contributed by atoms with Crippen LogP contribution in [0.25, 0.3) is 0 Å². The van der Waals surface area contributed by atoms with Gasteiger partial charge in [0, 0.05) is 17.5 Å². The summed E-state index contributed by atoms with van der Waals surface area (Å²) >= 11 is 1.77. The van der Waals surface area contributed by atoms with Crippen molar-refractivity contribution >= 4 is 11.3 Å². The van der Waals surface area contributed by atoms with Gasteiger partial charge in [0.25, 0.3) is 0 Å². The highest BCUT2D eigenvalue weighted by molar-refractivity contribution is 7.09. The highest BCUT2D eigenvalue weighted by atomic mass is 32.1. The average molecular weight is 225 g/mol. The number of nitrogens with one attached hydrogen (secondary N) is 1. The van der Waals surface area contributed by atoms with E-state index >= 15 is 0 Å². The predicted octanol–water partition coefficient (Wildman–Crippen LogP) is 2.80. The van der Waals surface area contributed by atoms with Crippen LogP contribution in [-0.2, 0) is 11.3 Å². The number of ether oxygens (including phenoxy) is 1. The van der Waals surface area contributed by atoms with Crippen molar-refractivity contribution < 1.29 is 4.74 Å². The summed E-state index contributed by atoms with van der Waals surface area (Å²) in [5, 5.41) is 5.60. The zero-order chi connectivity index (χ0) is 10.3. The fraction of sp³-hybridized carbons (Fsp3) is 0.667. The van der Waals surface area contributed by atoms with Gasteiger partial charge in [-0.15, -0.1) is 11.3 Å². The third-order valence-electron chi connectivity index (χ3n) is 2.55. The van der Waals surface area contributed by atoms with Crippen molar-refractivity contribution in [2.24, 2.45) is 0 Å². The molecule has 0 spiro atoms. The van der Waals surface area contributed by atoms with E-state index in [-0.39, 0.29) is 0 Å². The molecule has 0 unspecified atom stereocenters. The van der Waals surface area contributed by atoms with Gasteiger partial charge in [-0.1, -0.05) is 6.07 Å². The molecule has 1 saturated carbocycles. The first-order valence-electron chi connectivity index (χ1n) is 5.78. The van der Waals surface area contributed by atoms with Gasteiger partial charge in [-0.25, -0.2) is 0 Å². The molecule has 1 aliphatic rings. The van der Waals surface area contributed by atoms with Crippen molar-refractivity contribution in [2.75, 3.05) is 13.2 Å². The van der Waals surface area contributed by atoms with E-state index in [4.69, 9.17) is 4.74 Å². The summed E-state index contributed by atoms with van der Waals surface area (Å²) < 4.78 is 5.58. The van der Waals surface area contributed by atoms with Gasteiger partial charge in [0.1, 0.15) is 0 Å². The summed E-state index contributed by atoms with van der Waals surface area (Å²) in [6.45, 7) is 2.84. The Balaban J connectivity index is 1.38. The molecular formula is C12H19NOS. The van der Waals surface area contributed by atoms with E-state index in [0.717, 1.165) is 25.8 Å². The molecule has 1 aromatic heterocycles. The maximum Gasteiger partial charge on any atom is 0.0809 e. The van der Waals surface area contributed by atoms with Gasteiger partial charge in [-0.3, -0.25) is 0 Å². The molecule has 0 amide bonds. The number of rotatable bonds is 8. The van der Waals surface area contributed by atoms with Crippen molar-refractivity contribution in [3.63, 3.8) is 0 Å². The number of unbranched alkanes of at least 4 members (excludes halogenated alkanes) is 1. The summed E-state index contributed by atoms with van der Waals surface area (Å²) in [6.07, 6.45) is 5.18. The van der Waals surface area contributed by atoms with E-state index in [9.17, 15) is 0 Å².